The molecule has 1 fully saturated rings. The third kappa shape index (κ3) is 4.29. The van der Waals surface area contributed by atoms with Gasteiger partial charge in [-0.2, -0.15) is 4.31 Å². The lowest BCUT2D eigenvalue weighted by Crippen LogP contribution is -2.37. The number of carbonyl (C=O) groups is 1. The van der Waals surface area contributed by atoms with Crippen molar-refractivity contribution in [2.75, 3.05) is 13.1 Å². The maximum atomic E-state index is 12.8. The van der Waals surface area contributed by atoms with Crippen molar-refractivity contribution in [1.82, 2.24) is 9.62 Å². The summed E-state index contributed by atoms with van der Waals surface area (Å²) in [4.78, 5) is 12.4. The molecule has 1 aromatic rings. The number of rotatable bonds is 5. The zero-order valence-electron chi connectivity index (χ0n) is 14.4. The molecule has 1 atom stereocenters. The first-order valence-corrected chi connectivity index (χ1v) is 10.2. The fourth-order valence-corrected chi connectivity index (χ4v) is 4.56. The van der Waals surface area contributed by atoms with Gasteiger partial charge in [0.1, 0.15) is 4.90 Å². The Balaban J connectivity index is 2.29. The number of hydrogen-bond acceptors (Lipinski definition) is 3. The fraction of sp³-hybridized carbons (Fsp3) is 0.588. The molecule has 1 aromatic carbocycles. The van der Waals surface area contributed by atoms with Crippen LogP contribution in [0.5, 0.6) is 0 Å². The summed E-state index contributed by atoms with van der Waals surface area (Å²) in [5.74, 6) is 0.000707. The maximum Gasteiger partial charge on any atom is 0.251 e. The molecule has 0 radical (unpaired) electrons. The maximum absolute atomic E-state index is 12.8. The number of hydrogen-bond donors (Lipinski definition) is 1. The van der Waals surface area contributed by atoms with Crippen LogP contribution in [0.2, 0.25) is 5.02 Å². The monoisotopic (exact) mass is 372 g/mol. The Kier molecular flexibility index (Phi) is 6.28. The lowest BCUT2D eigenvalue weighted by Gasteiger charge is -2.26. The van der Waals surface area contributed by atoms with Gasteiger partial charge in [0.15, 0.2) is 0 Å². The number of nitrogens with zero attached hydrogens (tertiary/aromatic N) is 1. The normalized spacial score (nSPS) is 17.7. The van der Waals surface area contributed by atoms with Gasteiger partial charge >= 0.3 is 0 Å². The van der Waals surface area contributed by atoms with Gasteiger partial charge in [0.25, 0.3) is 5.91 Å². The lowest BCUT2D eigenvalue weighted by atomic mass is 10.1. The molecule has 24 heavy (non-hydrogen) atoms. The molecular formula is C17H25ClN2O3S. The van der Waals surface area contributed by atoms with E-state index >= 15 is 0 Å². The summed E-state index contributed by atoms with van der Waals surface area (Å²) in [6.07, 6.45) is 2.74. The average molecular weight is 373 g/mol. The van der Waals surface area contributed by atoms with Crippen LogP contribution in [0.25, 0.3) is 0 Å². The van der Waals surface area contributed by atoms with Gasteiger partial charge in [-0.15, -0.1) is 0 Å². The molecule has 0 bridgehead atoms. The van der Waals surface area contributed by atoms with E-state index in [1.807, 2.05) is 20.8 Å². The smallest absolute Gasteiger partial charge is 0.251 e. The lowest BCUT2D eigenvalue weighted by molar-refractivity contribution is 0.0930. The average Bonchev–Trinajstić information content (AvgIpc) is 2.55. The molecule has 1 heterocycles. The van der Waals surface area contributed by atoms with E-state index in [2.05, 4.69) is 5.32 Å². The predicted molar refractivity (Wildman–Crippen MR) is 95.8 cm³/mol. The molecule has 134 valence electrons. The van der Waals surface area contributed by atoms with Crippen molar-refractivity contribution in [2.45, 2.75) is 51.0 Å². The molecule has 1 N–H and O–H groups in total. The topological polar surface area (TPSA) is 66.5 Å². The van der Waals surface area contributed by atoms with E-state index in [1.54, 1.807) is 6.07 Å². The van der Waals surface area contributed by atoms with E-state index in [0.717, 1.165) is 19.3 Å². The van der Waals surface area contributed by atoms with Crippen molar-refractivity contribution >= 4 is 27.5 Å². The molecule has 7 heteroatoms. The SMILES string of the molecule is CC(C)[C@H](C)NC(=O)c1ccc(Cl)c(S(=O)(=O)N2CCCCC2)c1. The minimum Gasteiger partial charge on any atom is -0.349 e. The van der Waals surface area contributed by atoms with Crippen molar-refractivity contribution < 1.29 is 13.2 Å². The van der Waals surface area contributed by atoms with Crippen molar-refractivity contribution in [3.8, 4) is 0 Å². The quantitative estimate of drug-likeness (QED) is 0.862. The fourth-order valence-electron chi connectivity index (χ4n) is 2.54. The summed E-state index contributed by atoms with van der Waals surface area (Å²) in [5, 5.41) is 3.03. The molecule has 2 rings (SSSR count). The third-order valence-corrected chi connectivity index (χ3v) is 6.87. The Hall–Kier alpha value is -1.11. The van der Waals surface area contributed by atoms with Crippen LogP contribution in [0.15, 0.2) is 23.1 Å². The van der Waals surface area contributed by atoms with Gasteiger partial charge in [0.05, 0.1) is 5.02 Å². The van der Waals surface area contributed by atoms with E-state index in [4.69, 9.17) is 11.6 Å². The van der Waals surface area contributed by atoms with Gasteiger partial charge in [-0.1, -0.05) is 31.9 Å². The van der Waals surface area contributed by atoms with Crippen LogP contribution in [-0.4, -0.2) is 37.8 Å². The number of carbonyl (C=O) groups excluding carboxylic acids is 1. The van der Waals surface area contributed by atoms with Gasteiger partial charge in [-0.05, 0) is 43.9 Å². The molecule has 1 aliphatic heterocycles. The molecule has 0 aromatic heterocycles. The molecule has 0 saturated carbocycles. The molecule has 0 aliphatic carbocycles. The Labute approximate surface area is 149 Å². The van der Waals surface area contributed by atoms with Crippen LogP contribution < -0.4 is 5.32 Å². The third-order valence-electron chi connectivity index (χ3n) is 4.49. The Morgan fingerprint density at radius 1 is 1.17 bits per heavy atom. The van der Waals surface area contributed by atoms with Gasteiger partial charge in [0.2, 0.25) is 10.0 Å². The second-order valence-electron chi connectivity index (χ2n) is 6.62. The second-order valence-corrected chi connectivity index (χ2v) is 8.93. The standard InChI is InChI=1S/C17H25ClN2O3S/c1-12(2)13(3)19-17(21)14-7-8-15(18)16(11-14)24(22,23)20-9-5-4-6-10-20/h7-8,11-13H,4-6,9-10H2,1-3H3,(H,19,21)/t13-/m0/s1. The van der Waals surface area contributed by atoms with Crippen LogP contribution in [0.1, 0.15) is 50.4 Å². The number of amides is 1. The van der Waals surface area contributed by atoms with E-state index in [1.165, 1.54) is 16.4 Å². The zero-order valence-corrected chi connectivity index (χ0v) is 16.0. The summed E-state index contributed by atoms with van der Waals surface area (Å²) in [6.45, 7) is 6.95. The van der Waals surface area contributed by atoms with Gasteiger partial charge in [-0.3, -0.25) is 4.79 Å². The molecule has 1 aliphatic rings. The molecular weight excluding hydrogens is 348 g/mol. The van der Waals surface area contributed by atoms with Crippen molar-refractivity contribution in [2.24, 2.45) is 5.92 Å². The van der Waals surface area contributed by atoms with Crippen molar-refractivity contribution in [1.29, 1.82) is 0 Å². The molecule has 1 amide bonds. The Bertz CT molecular complexity index is 698. The van der Waals surface area contributed by atoms with E-state index in [-0.39, 0.29) is 27.8 Å². The number of benzene rings is 1. The largest absolute Gasteiger partial charge is 0.349 e. The van der Waals surface area contributed by atoms with E-state index in [0.29, 0.717) is 18.7 Å². The molecule has 0 spiro atoms. The summed E-state index contributed by atoms with van der Waals surface area (Å²) in [6, 6.07) is 4.41. The molecule has 5 nitrogen and oxygen atoms in total. The van der Waals surface area contributed by atoms with E-state index in [9.17, 15) is 13.2 Å². The summed E-state index contributed by atoms with van der Waals surface area (Å²) in [5.41, 5.74) is 0.308. The summed E-state index contributed by atoms with van der Waals surface area (Å²) >= 11 is 6.12. The Morgan fingerprint density at radius 2 is 1.79 bits per heavy atom. The van der Waals surface area contributed by atoms with Crippen LogP contribution >= 0.6 is 11.6 Å². The van der Waals surface area contributed by atoms with Crippen LogP contribution in [0, 0.1) is 5.92 Å². The zero-order chi connectivity index (χ0) is 17.9. The first-order chi connectivity index (χ1) is 11.2. The minimum absolute atomic E-state index is 0.00432. The van der Waals surface area contributed by atoms with Crippen LogP contribution in [0.3, 0.4) is 0 Å². The first kappa shape index (κ1) is 19.2. The summed E-state index contributed by atoms with van der Waals surface area (Å²) in [7, 11) is -3.67. The van der Waals surface area contributed by atoms with Crippen LogP contribution in [0.4, 0.5) is 0 Å². The second kappa shape index (κ2) is 7.85. The number of piperidine rings is 1. The first-order valence-electron chi connectivity index (χ1n) is 8.34. The van der Waals surface area contributed by atoms with Gasteiger partial charge in [-0.25, -0.2) is 8.42 Å². The van der Waals surface area contributed by atoms with E-state index < -0.39 is 10.0 Å². The van der Waals surface area contributed by atoms with Crippen molar-refractivity contribution in [3.05, 3.63) is 28.8 Å². The minimum atomic E-state index is -3.67. The number of halogens is 1. The predicted octanol–water partition coefficient (Wildman–Crippen LogP) is 3.29. The highest BCUT2D eigenvalue weighted by atomic mass is 35.5. The highest BCUT2D eigenvalue weighted by Crippen LogP contribution is 2.28. The number of nitrogens with one attached hydrogen (secondary N) is 1. The Morgan fingerprint density at radius 3 is 2.38 bits per heavy atom. The van der Waals surface area contributed by atoms with Crippen LogP contribution in [-0.2, 0) is 10.0 Å². The number of sulfonamides is 1. The van der Waals surface area contributed by atoms with Gasteiger partial charge < -0.3 is 5.32 Å². The highest BCUT2D eigenvalue weighted by molar-refractivity contribution is 7.89. The molecule has 1 saturated heterocycles. The van der Waals surface area contributed by atoms with Gasteiger partial charge in [0, 0.05) is 24.7 Å². The highest BCUT2D eigenvalue weighted by Gasteiger charge is 2.29. The van der Waals surface area contributed by atoms with Crippen molar-refractivity contribution in [3.63, 3.8) is 0 Å². The molecule has 0 unspecified atom stereocenters. The summed E-state index contributed by atoms with van der Waals surface area (Å²) < 4.78 is 27.1.